The van der Waals surface area contributed by atoms with Gasteiger partial charge in [-0.25, -0.2) is 9.59 Å². The van der Waals surface area contributed by atoms with Crippen LogP contribution in [0.4, 0.5) is 0 Å². The van der Waals surface area contributed by atoms with Crippen LogP contribution in [0.3, 0.4) is 0 Å². The average Bonchev–Trinajstić information content (AvgIpc) is 2.17. The second-order valence-corrected chi connectivity index (χ2v) is 3.70. The molecule has 0 bridgehead atoms. The molecular formula is C12H16O5. The third kappa shape index (κ3) is 5.01. The summed E-state index contributed by atoms with van der Waals surface area (Å²) >= 11 is 0. The first-order valence-corrected chi connectivity index (χ1v) is 4.92. The molecule has 0 saturated heterocycles. The summed E-state index contributed by atoms with van der Waals surface area (Å²) in [5, 5.41) is 17.3. The van der Waals surface area contributed by atoms with Crippen molar-refractivity contribution in [1.82, 2.24) is 0 Å². The second-order valence-electron chi connectivity index (χ2n) is 3.70. The number of hydrogen-bond acceptors (Lipinski definition) is 3. The van der Waals surface area contributed by atoms with Crippen molar-refractivity contribution in [1.29, 1.82) is 0 Å². The minimum absolute atomic E-state index is 0.446. The SMILES string of the molecule is C=CCC(C)(CC=C)OC=C(C(=O)O)C(=O)O. The topological polar surface area (TPSA) is 83.8 Å². The number of aliphatic carboxylic acids is 2. The summed E-state index contributed by atoms with van der Waals surface area (Å²) in [7, 11) is 0. The summed E-state index contributed by atoms with van der Waals surface area (Å²) in [6.07, 6.45) is 4.86. The fourth-order valence-electron chi connectivity index (χ4n) is 1.18. The van der Waals surface area contributed by atoms with E-state index in [-0.39, 0.29) is 0 Å². The van der Waals surface area contributed by atoms with Crippen LogP contribution >= 0.6 is 0 Å². The lowest BCUT2D eigenvalue weighted by atomic mass is 9.98. The zero-order valence-electron chi connectivity index (χ0n) is 9.68. The maximum atomic E-state index is 10.6. The molecule has 0 fully saturated rings. The van der Waals surface area contributed by atoms with Crippen molar-refractivity contribution in [3.63, 3.8) is 0 Å². The van der Waals surface area contributed by atoms with Crippen molar-refractivity contribution >= 4 is 11.9 Å². The van der Waals surface area contributed by atoms with E-state index in [1.807, 2.05) is 0 Å². The van der Waals surface area contributed by atoms with Crippen molar-refractivity contribution in [3.8, 4) is 0 Å². The lowest BCUT2D eigenvalue weighted by Crippen LogP contribution is -2.26. The predicted octanol–water partition coefficient (Wildman–Crippen LogP) is 1.97. The molecule has 0 aromatic carbocycles. The number of carbonyl (C=O) groups is 2. The Hall–Kier alpha value is -2.04. The van der Waals surface area contributed by atoms with Gasteiger partial charge >= 0.3 is 11.9 Å². The molecule has 0 aliphatic carbocycles. The van der Waals surface area contributed by atoms with Crippen LogP contribution in [-0.2, 0) is 14.3 Å². The van der Waals surface area contributed by atoms with Crippen molar-refractivity contribution in [2.24, 2.45) is 0 Å². The fraction of sp³-hybridized carbons (Fsp3) is 0.333. The van der Waals surface area contributed by atoms with E-state index < -0.39 is 23.1 Å². The maximum Gasteiger partial charge on any atom is 0.346 e. The molecule has 0 amide bonds. The molecule has 0 rings (SSSR count). The molecule has 2 N–H and O–H groups in total. The molecule has 0 saturated carbocycles. The van der Waals surface area contributed by atoms with E-state index in [9.17, 15) is 9.59 Å². The van der Waals surface area contributed by atoms with Crippen LogP contribution in [0.5, 0.6) is 0 Å². The summed E-state index contributed by atoms with van der Waals surface area (Å²) in [5.74, 6) is -3.09. The Labute approximate surface area is 99.7 Å². The van der Waals surface area contributed by atoms with Gasteiger partial charge in [-0.3, -0.25) is 0 Å². The molecular weight excluding hydrogens is 224 g/mol. The molecule has 0 aliphatic rings. The van der Waals surface area contributed by atoms with Gasteiger partial charge in [0.15, 0.2) is 5.57 Å². The summed E-state index contributed by atoms with van der Waals surface area (Å²) in [6, 6.07) is 0. The normalized spacial score (nSPS) is 10.2. The Morgan fingerprint density at radius 3 is 1.88 bits per heavy atom. The van der Waals surface area contributed by atoms with Gasteiger partial charge in [-0.2, -0.15) is 0 Å². The average molecular weight is 240 g/mol. The van der Waals surface area contributed by atoms with Crippen LogP contribution in [0, 0.1) is 0 Å². The van der Waals surface area contributed by atoms with Gasteiger partial charge in [0, 0.05) is 12.8 Å². The van der Waals surface area contributed by atoms with Gasteiger partial charge in [0.25, 0.3) is 0 Å². The van der Waals surface area contributed by atoms with Crippen molar-refractivity contribution < 1.29 is 24.5 Å². The highest BCUT2D eigenvalue weighted by Gasteiger charge is 2.24. The summed E-state index contributed by atoms with van der Waals surface area (Å²) < 4.78 is 5.23. The van der Waals surface area contributed by atoms with E-state index >= 15 is 0 Å². The molecule has 0 heterocycles. The molecule has 94 valence electrons. The van der Waals surface area contributed by atoms with Crippen molar-refractivity contribution in [2.75, 3.05) is 0 Å². The molecule has 0 spiro atoms. The molecule has 5 nitrogen and oxygen atoms in total. The molecule has 17 heavy (non-hydrogen) atoms. The molecule has 0 unspecified atom stereocenters. The molecule has 5 heteroatoms. The van der Waals surface area contributed by atoms with Gasteiger partial charge in [-0.15, -0.1) is 13.2 Å². The van der Waals surface area contributed by atoms with Gasteiger partial charge in [-0.1, -0.05) is 12.2 Å². The lowest BCUT2D eigenvalue weighted by Gasteiger charge is -2.26. The fourth-order valence-corrected chi connectivity index (χ4v) is 1.18. The van der Waals surface area contributed by atoms with Gasteiger partial charge in [0.2, 0.25) is 0 Å². The van der Waals surface area contributed by atoms with Gasteiger partial charge < -0.3 is 14.9 Å². The Kier molecular flexibility index (Phi) is 5.74. The van der Waals surface area contributed by atoms with Crippen LogP contribution < -0.4 is 0 Å². The highest BCUT2D eigenvalue weighted by atomic mass is 16.5. The number of rotatable bonds is 8. The summed E-state index contributed by atoms with van der Waals surface area (Å²) in [5.41, 5.74) is -1.55. The van der Waals surface area contributed by atoms with Gasteiger partial charge in [0.05, 0.1) is 0 Å². The Bertz CT molecular complexity index is 328. The van der Waals surface area contributed by atoms with E-state index in [0.29, 0.717) is 12.8 Å². The van der Waals surface area contributed by atoms with Gasteiger partial charge in [-0.05, 0) is 6.92 Å². The van der Waals surface area contributed by atoms with Crippen LogP contribution in [-0.4, -0.2) is 27.8 Å². The Balaban J connectivity index is 4.93. The van der Waals surface area contributed by atoms with E-state index in [1.54, 1.807) is 19.1 Å². The Morgan fingerprint density at radius 1 is 1.18 bits per heavy atom. The smallest absolute Gasteiger partial charge is 0.346 e. The van der Waals surface area contributed by atoms with E-state index in [2.05, 4.69) is 13.2 Å². The molecule has 0 radical (unpaired) electrons. The van der Waals surface area contributed by atoms with Crippen molar-refractivity contribution in [2.45, 2.75) is 25.4 Å². The molecule has 0 aromatic rings. The Morgan fingerprint density at radius 2 is 1.59 bits per heavy atom. The van der Waals surface area contributed by atoms with Crippen LogP contribution in [0.1, 0.15) is 19.8 Å². The first-order chi connectivity index (χ1) is 7.86. The van der Waals surface area contributed by atoms with Gasteiger partial charge in [0.1, 0.15) is 11.9 Å². The van der Waals surface area contributed by atoms with E-state index in [4.69, 9.17) is 14.9 Å². The third-order valence-corrected chi connectivity index (χ3v) is 2.07. The minimum atomic E-state index is -1.54. The van der Waals surface area contributed by atoms with Crippen LogP contribution in [0.25, 0.3) is 0 Å². The molecule has 0 aliphatic heterocycles. The predicted molar refractivity (Wildman–Crippen MR) is 62.5 cm³/mol. The highest BCUT2D eigenvalue weighted by Crippen LogP contribution is 2.22. The molecule has 0 atom stereocenters. The number of carboxylic acid groups (broad SMARTS) is 2. The van der Waals surface area contributed by atoms with Crippen LogP contribution in [0.15, 0.2) is 37.1 Å². The van der Waals surface area contributed by atoms with E-state index in [0.717, 1.165) is 6.26 Å². The maximum absolute atomic E-state index is 10.6. The molecule has 0 aromatic heterocycles. The zero-order valence-corrected chi connectivity index (χ0v) is 9.68. The minimum Gasteiger partial charge on any atom is -0.493 e. The number of carboxylic acids is 2. The summed E-state index contributed by atoms with van der Waals surface area (Å²) in [6.45, 7) is 8.83. The first kappa shape index (κ1) is 15.0. The van der Waals surface area contributed by atoms with E-state index in [1.165, 1.54) is 0 Å². The van der Waals surface area contributed by atoms with Crippen LogP contribution in [0.2, 0.25) is 0 Å². The number of hydrogen-bond donors (Lipinski definition) is 2. The zero-order chi connectivity index (χ0) is 13.5. The first-order valence-electron chi connectivity index (χ1n) is 4.92. The van der Waals surface area contributed by atoms with Crippen molar-refractivity contribution in [3.05, 3.63) is 37.1 Å². The summed E-state index contributed by atoms with van der Waals surface area (Å²) in [4.78, 5) is 21.2. The third-order valence-electron chi connectivity index (χ3n) is 2.07. The second kappa shape index (κ2) is 6.52. The largest absolute Gasteiger partial charge is 0.493 e. The lowest BCUT2D eigenvalue weighted by molar-refractivity contribution is -0.140. The quantitative estimate of drug-likeness (QED) is 0.223. The highest BCUT2D eigenvalue weighted by molar-refractivity contribution is 6.12. The monoisotopic (exact) mass is 240 g/mol. The standard InChI is InChI=1S/C12H16O5/c1-4-6-12(3,7-5-2)17-8-9(10(13)14)11(15)16/h4-5,8H,1-2,6-7H2,3H3,(H,13,14)(H,15,16). The number of ether oxygens (including phenoxy) is 1.